The molecule has 0 radical (unpaired) electrons. The molecular weight excluding hydrogens is 644 g/mol. The lowest BCUT2D eigenvalue weighted by atomic mass is 9.80. The molecule has 2 N–H and O–H groups in total. The minimum atomic E-state index is -1.57. The van der Waals surface area contributed by atoms with Crippen molar-refractivity contribution in [1.82, 2.24) is 5.32 Å². The molecule has 0 unspecified atom stereocenters. The van der Waals surface area contributed by atoms with Crippen molar-refractivity contribution in [3.8, 4) is 5.75 Å². The van der Waals surface area contributed by atoms with E-state index in [0.717, 1.165) is 16.7 Å². The molecule has 1 aliphatic heterocycles. The van der Waals surface area contributed by atoms with Crippen molar-refractivity contribution < 1.29 is 23.8 Å². The normalized spacial score (nSPS) is 16.9. The van der Waals surface area contributed by atoms with Crippen LogP contribution in [-0.4, -0.2) is 42.2 Å². The van der Waals surface area contributed by atoms with Crippen LogP contribution >= 0.6 is 23.2 Å². The van der Waals surface area contributed by atoms with Gasteiger partial charge in [-0.05, 0) is 77.2 Å². The second-order valence-corrected chi connectivity index (χ2v) is 11.8. The Hall–Kier alpha value is -4.60. The van der Waals surface area contributed by atoms with Crippen LogP contribution in [0.25, 0.3) is 10.4 Å². The van der Waals surface area contributed by atoms with E-state index in [1.165, 1.54) is 12.1 Å². The number of ether oxygens (including phenoxy) is 2. The van der Waals surface area contributed by atoms with E-state index in [4.69, 9.17) is 48.3 Å². The first-order valence-electron chi connectivity index (χ1n) is 15.0. The maximum absolute atomic E-state index is 14.5. The Morgan fingerprint density at radius 1 is 1.06 bits per heavy atom. The first-order chi connectivity index (χ1) is 22.8. The third kappa shape index (κ3) is 8.22. The highest BCUT2D eigenvalue weighted by Gasteiger charge is 2.54. The SMILES string of the molecule is [N-]=[N+]=NCc1ccccc1C[C@@]1(C(=O)NCCc2cccc(F)c2)N=C(c2ccc(OCCCO)cc2)O[C@@H]1c1ccc(Cl)cc1Cl. The number of nitrogens with one attached hydrogen (secondary N) is 1. The Labute approximate surface area is 281 Å². The van der Waals surface area contributed by atoms with E-state index in [-0.39, 0.29) is 37.8 Å². The third-order valence-electron chi connectivity index (χ3n) is 7.75. The molecule has 0 spiro atoms. The van der Waals surface area contributed by atoms with Crippen molar-refractivity contribution in [2.24, 2.45) is 10.1 Å². The summed E-state index contributed by atoms with van der Waals surface area (Å²) in [5, 5.41) is 16.6. The average molecular weight is 677 g/mol. The highest BCUT2D eigenvalue weighted by atomic mass is 35.5. The van der Waals surface area contributed by atoms with Crippen LogP contribution in [0.4, 0.5) is 4.39 Å². The predicted octanol–water partition coefficient (Wildman–Crippen LogP) is 7.56. The van der Waals surface area contributed by atoms with Gasteiger partial charge < -0.3 is 19.9 Å². The van der Waals surface area contributed by atoms with Crippen molar-refractivity contribution in [2.45, 2.75) is 37.5 Å². The molecule has 1 heterocycles. The number of nitrogens with zero attached hydrogens (tertiary/aromatic N) is 4. The zero-order chi connectivity index (χ0) is 33.2. The van der Waals surface area contributed by atoms with Crippen LogP contribution < -0.4 is 10.1 Å². The summed E-state index contributed by atoms with van der Waals surface area (Å²) in [7, 11) is 0. The number of aliphatic hydroxyl groups excluding tert-OH is 1. The average Bonchev–Trinajstić information content (AvgIpc) is 3.45. The molecule has 9 nitrogen and oxygen atoms in total. The number of rotatable bonds is 14. The molecule has 1 amide bonds. The van der Waals surface area contributed by atoms with Gasteiger partial charge in [0.05, 0.1) is 13.2 Å². The van der Waals surface area contributed by atoms with Crippen LogP contribution in [0.5, 0.6) is 5.75 Å². The van der Waals surface area contributed by atoms with E-state index < -0.39 is 17.6 Å². The van der Waals surface area contributed by atoms with Crippen molar-refractivity contribution in [3.05, 3.63) is 145 Å². The van der Waals surface area contributed by atoms with Crippen LogP contribution in [0, 0.1) is 5.82 Å². The number of hydrogen-bond donors (Lipinski definition) is 2. The lowest BCUT2D eigenvalue weighted by Crippen LogP contribution is -2.50. The van der Waals surface area contributed by atoms with Gasteiger partial charge in [-0.3, -0.25) is 4.79 Å². The maximum Gasteiger partial charge on any atom is 0.252 e. The van der Waals surface area contributed by atoms with Gasteiger partial charge in [-0.25, -0.2) is 9.38 Å². The fourth-order valence-corrected chi connectivity index (χ4v) is 5.93. The fourth-order valence-electron chi connectivity index (χ4n) is 5.42. The zero-order valence-corrected chi connectivity index (χ0v) is 26.8. The van der Waals surface area contributed by atoms with Gasteiger partial charge in [0, 0.05) is 52.1 Å². The second kappa shape index (κ2) is 15.8. The number of amides is 1. The summed E-state index contributed by atoms with van der Waals surface area (Å²) in [6, 6.07) is 25.6. The van der Waals surface area contributed by atoms with Crippen molar-refractivity contribution in [1.29, 1.82) is 0 Å². The van der Waals surface area contributed by atoms with Gasteiger partial charge in [-0.15, -0.1) is 0 Å². The molecule has 0 fully saturated rings. The minimum absolute atomic E-state index is 0.0236. The Bertz CT molecular complexity index is 1800. The largest absolute Gasteiger partial charge is 0.494 e. The number of azide groups is 1. The van der Waals surface area contributed by atoms with Crippen LogP contribution in [0.1, 0.15) is 40.3 Å². The summed E-state index contributed by atoms with van der Waals surface area (Å²) in [4.78, 5) is 22.5. The molecule has 12 heteroatoms. The van der Waals surface area contributed by atoms with Gasteiger partial charge in [-0.1, -0.05) is 70.8 Å². The molecule has 0 saturated carbocycles. The Balaban J connectivity index is 1.58. The number of aliphatic hydroxyl groups is 1. The number of hydrogen-bond acceptors (Lipinski definition) is 6. The number of carbonyl (C=O) groups is 1. The lowest BCUT2D eigenvalue weighted by molar-refractivity contribution is -0.128. The van der Waals surface area contributed by atoms with Crippen LogP contribution in [-0.2, 0) is 28.9 Å². The van der Waals surface area contributed by atoms with Gasteiger partial charge in [0.25, 0.3) is 5.91 Å². The summed E-state index contributed by atoms with van der Waals surface area (Å²) in [6.45, 7) is 0.663. The van der Waals surface area contributed by atoms with Gasteiger partial charge in [0.1, 0.15) is 11.6 Å². The quantitative estimate of drug-likeness (QED) is 0.0618. The second-order valence-electron chi connectivity index (χ2n) is 10.9. The highest BCUT2D eigenvalue weighted by molar-refractivity contribution is 6.35. The first-order valence-corrected chi connectivity index (χ1v) is 15.7. The maximum atomic E-state index is 14.5. The van der Waals surface area contributed by atoms with Crippen LogP contribution in [0.3, 0.4) is 0 Å². The topological polar surface area (TPSA) is 129 Å². The molecule has 4 aromatic rings. The van der Waals surface area contributed by atoms with Gasteiger partial charge in [0.15, 0.2) is 11.6 Å². The summed E-state index contributed by atoms with van der Waals surface area (Å²) >= 11 is 13.0. The molecule has 4 aromatic carbocycles. The molecule has 0 bridgehead atoms. The Morgan fingerprint density at radius 3 is 2.57 bits per heavy atom. The van der Waals surface area contributed by atoms with Crippen molar-refractivity contribution >= 4 is 35.0 Å². The molecule has 5 rings (SSSR count). The predicted molar refractivity (Wildman–Crippen MR) is 179 cm³/mol. The number of benzene rings is 4. The molecule has 47 heavy (non-hydrogen) atoms. The molecule has 0 aliphatic carbocycles. The van der Waals surface area contributed by atoms with E-state index in [1.54, 1.807) is 54.6 Å². The molecule has 242 valence electrons. The number of carbonyl (C=O) groups excluding carboxylic acids is 1. The van der Waals surface area contributed by atoms with E-state index in [0.29, 0.717) is 46.4 Å². The Kier molecular flexibility index (Phi) is 11.3. The van der Waals surface area contributed by atoms with E-state index >= 15 is 0 Å². The molecule has 2 atom stereocenters. The number of aliphatic imine (C=N–C) groups is 1. The fraction of sp³-hybridized carbons (Fsp3) is 0.257. The van der Waals surface area contributed by atoms with E-state index in [1.807, 2.05) is 24.3 Å². The van der Waals surface area contributed by atoms with Crippen molar-refractivity contribution in [3.63, 3.8) is 0 Å². The van der Waals surface area contributed by atoms with Crippen LogP contribution in [0.2, 0.25) is 10.0 Å². The standard InChI is InChI=1S/C35H32Cl2FN5O4/c36-27-11-14-30(31(37)20-27)32-35(21-25-6-1-2-7-26(25)22-41-43-39,34(45)40-16-15-23-5-3-8-28(38)19-23)42-33(47-32)24-9-12-29(13-10-24)46-18-4-17-44/h1-3,5-14,19-20,32,44H,4,15-18,21-22H2,(H,40,45)/t32-,35-/m1/s1. The third-order valence-corrected chi connectivity index (χ3v) is 8.31. The molecular formula is C35H32Cl2FN5O4. The lowest BCUT2D eigenvalue weighted by Gasteiger charge is -2.32. The molecule has 0 saturated heterocycles. The minimum Gasteiger partial charge on any atom is -0.494 e. The summed E-state index contributed by atoms with van der Waals surface area (Å²) in [5.41, 5.74) is 10.7. The van der Waals surface area contributed by atoms with Crippen LogP contribution in [0.15, 0.2) is 101 Å². The first kappa shape index (κ1) is 33.8. The Morgan fingerprint density at radius 2 is 1.85 bits per heavy atom. The van der Waals surface area contributed by atoms with Gasteiger partial charge in [-0.2, -0.15) is 0 Å². The molecule has 1 aliphatic rings. The smallest absolute Gasteiger partial charge is 0.252 e. The summed E-state index contributed by atoms with van der Waals surface area (Å²) in [5.74, 6) is 0.0345. The van der Waals surface area contributed by atoms with Gasteiger partial charge >= 0.3 is 0 Å². The monoisotopic (exact) mass is 675 g/mol. The summed E-state index contributed by atoms with van der Waals surface area (Å²) < 4.78 is 26.1. The van der Waals surface area contributed by atoms with Gasteiger partial charge in [0.2, 0.25) is 5.90 Å². The molecule has 0 aromatic heterocycles. The summed E-state index contributed by atoms with van der Waals surface area (Å²) in [6.07, 6.45) is -0.0246. The number of halogens is 3. The highest BCUT2D eigenvalue weighted by Crippen LogP contribution is 2.45. The zero-order valence-electron chi connectivity index (χ0n) is 25.3. The van der Waals surface area contributed by atoms with E-state index in [9.17, 15) is 9.18 Å². The van der Waals surface area contributed by atoms with Crippen molar-refractivity contribution in [2.75, 3.05) is 19.8 Å². The van der Waals surface area contributed by atoms with E-state index in [2.05, 4.69) is 15.3 Å².